The number of hydrogen-bond donors (Lipinski definition) is 1. The van der Waals surface area contributed by atoms with Crippen LogP contribution in [0.1, 0.15) is 0 Å². The van der Waals surface area contributed by atoms with Gasteiger partial charge in [0, 0.05) is 12.5 Å². The van der Waals surface area contributed by atoms with Crippen molar-refractivity contribution in [3.63, 3.8) is 0 Å². The average Bonchev–Trinajstić information content (AvgIpc) is 2.92. The molecular weight excluding hydrogens is 218 g/mol. The summed E-state index contributed by atoms with van der Waals surface area (Å²) in [4.78, 5) is 11.4. The molecule has 3 rings (SSSR count). The number of nitrogens with one attached hydrogen (secondary N) is 1. The Bertz CT molecular complexity index is 481. The van der Waals surface area contributed by atoms with E-state index in [-0.39, 0.29) is 11.8 Å². The van der Waals surface area contributed by atoms with Crippen LogP contribution in [-0.4, -0.2) is 31.8 Å². The van der Waals surface area contributed by atoms with Crippen molar-refractivity contribution in [1.29, 1.82) is 0 Å². The quantitative estimate of drug-likeness (QED) is 0.811. The predicted molar refractivity (Wildman–Crippen MR) is 64.3 cm³/mol. The molecule has 5 heteroatoms. The molecule has 0 saturated carbocycles. The lowest BCUT2D eigenvalue weighted by molar-refractivity contribution is -0.113. The van der Waals surface area contributed by atoms with Gasteiger partial charge in [-0.1, -0.05) is 0 Å². The number of anilines is 1. The van der Waals surface area contributed by atoms with E-state index in [9.17, 15) is 4.79 Å². The highest BCUT2D eigenvalue weighted by Crippen LogP contribution is 2.26. The summed E-state index contributed by atoms with van der Waals surface area (Å²) in [5.74, 6) is 1.01. The predicted octanol–water partition coefficient (Wildman–Crippen LogP) is 0.617. The first-order chi connectivity index (χ1) is 8.28. The van der Waals surface area contributed by atoms with E-state index in [1.807, 2.05) is 29.3 Å². The minimum Gasteiger partial charge on any atom is -0.497 e. The molecule has 2 aliphatic heterocycles. The second kappa shape index (κ2) is 3.76. The Kier molecular flexibility index (Phi) is 2.24. The van der Waals surface area contributed by atoms with Crippen LogP contribution in [0.2, 0.25) is 0 Å². The highest BCUT2D eigenvalue weighted by atomic mass is 16.5. The number of nitrogens with zero attached hydrogens (tertiary/aromatic N) is 2. The summed E-state index contributed by atoms with van der Waals surface area (Å²) >= 11 is 0. The molecule has 0 bridgehead atoms. The fraction of sp³-hybridized carbons (Fsp3) is 0.333. The van der Waals surface area contributed by atoms with E-state index in [2.05, 4.69) is 10.4 Å². The molecule has 0 spiro atoms. The van der Waals surface area contributed by atoms with Crippen LogP contribution in [0.4, 0.5) is 5.69 Å². The van der Waals surface area contributed by atoms with Crippen molar-refractivity contribution in [2.75, 3.05) is 25.2 Å². The van der Waals surface area contributed by atoms with Gasteiger partial charge < -0.3 is 10.1 Å². The highest BCUT2D eigenvalue weighted by Gasteiger charge is 2.37. The van der Waals surface area contributed by atoms with Crippen LogP contribution in [0.25, 0.3) is 0 Å². The van der Waals surface area contributed by atoms with E-state index < -0.39 is 0 Å². The molecule has 1 aromatic carbocycles. The maximum atomic E-state index is 11.4. The second-order valence-corrected chi connectivity index (χ2v) is 4.17. The zero-order valence-electron chi connectivity index (χ0n) is 9.51. The Morgan fingerprint density at radius 1 is 1.41 bits per heavy atom. The van der Waals surface area contributed by atoms with Crippen LogP contribution in [0.5, 0.6) is 5.75 Å². The monoisotopic (exact) mass is 231 g/mol. The molecule has 1 aromatic rings. The number of carbonyl (C=O) groups is 1. The van der Waals surface area contributed by atoms with E-state index in [0.717, 1.165) is 18.0 Å². The van der Waals surface area contributed by atoms with Gasteiger partial charge in [-0.25, -0.2) is 0 Å². The number of rotatable bonds is 2. The number of benzene rings is 1. The fourth-order valence-electron chi connectivity index (χ4n) is 2.16. The lowest BCUT2D eigenvalue weighted by Crippen LogP contribution is -2.22. The summed E-state index contributed by atoms with van der Waals surface area (Å²) in [6.07, 6.45) is 0. The average molecular weight is 231 g/mol. The number of carbonyl (C=O) groups excluding carboxylic acids is 1. The standard InChI is InChI=1S/C12H13N3O2/c1-17-10-4-2-9(3-5-10)15-7-8-6-13-12(16)11(8)14-15/h2-5,8H,6-7H2,1H3,(H,13,16). The van der Waals surface area contributed by atoms with E-state index in [1.54, 1.807) is 7.11 Å². The van der Waals surface area contributed by atoms with Crippen LogP contribution in [0, 0.1) is 5.92 Å². The molecule has 1 saturated heterocycles. The largest absolute Gasteiger partial charge is 0.497 e. The zero-order chi connectivity index (χ0) is 11.8. The van der Waals surface area contributed by atoms with Crippen LogP contribution in [0.3, 0.4) is 0 Å². The lowest BCUT2D eigenvalue weighted by atomic mass is 10.1. The minimum absolute atomic E-state index is 0.0361. The van der Waals surface area contributed by atoms with Gasteiger partial charge in [-0.05, 0) is 24.3 Å². The van der Waals surface area contributed by atoms with Gasteiger partial charge in [0.15, 0.2) is 0 Å². The highest BCUT2D eigenvalue weighted by molar-refractivity contribution is 6.42. The number of methoxy groups -OCH3 is 1. The molecule has 1 unspecified atom stereocenters. The molecule has 1 atom stereocenters. The maximum Gasteiger partial charge on any atom is 0.267 e. The second-order valence-electron chi connectivity index (χ2n) is 4.17. The molecule has 0 aliphatic carbocycles. The van der Waals surface area contributed by atoms with Gasteiger partial charge in [0.1, 0.15) is 11.5 Å². The summed E-state index contributed by atoms with van der Waals surface area (Å²) in [7, 11) is 1.64. The van der Waals surface area contributed by atoms with Gasteiger partial charge in [0.25, 0.3) is 5.91 Å². The topological polar surface area (TPSA) is 53.9 Å². The van der Waals surface area contributed by atoms with E-state index in [0.29, 0.717) is 12.3 Å². The molecule has 17 heavy (non-hydrogen) atoms. The number of hydrogen-bond acceptors (Lipinski definition) is 4. The third kappa shape index (κ3) is 1.63. The van der Waals surface area contributed by atoms with E-state index in [1.165, 1.54) is 0 Å². The molecule has 1 amide bonds. The Morgan fingerprint density at radius 3 is 2.82 bits per heavy atom. The van der Waals surface area contributed by atoms with Crippen molar-refractivity contribution in [3.8, 4) is 5.75 Å². The Balaban J connectivity index is 1.84. The third-order valence-electron chi connectivity index (χ3n) is 3.12. The Morgan fingerprint density at radius 2 is 2.18 bits per heavy atom. The van der Waals surface area contributed by atoms with Crippen LogP contribution >= 0.6 is 0 Å². The normalized spacial score (nSPS) is 22.2. The molecule has 1 N–H and O–H groups in total. The number of ether oxygens (including phenoxy) is 1. The summed E-state index contributed by atoms with van der Waals surface area (Å²) in [5, 5.41) is 9.02. The van der Waals surface area contributed by atoms with Gasteiger partial charge in [-0.15, -0.1) is 0 Å². The first-order valence-corrected chi connectivity index (χ1v) is 5.56. The van der Waals surface area contributed by atoms with Gasteiger partial charge in [0.2, 0.25) is 0 Å². The van der Waals surface area contributed by atoms with E-state index in [4.69, 9.17) is 4.74 Å². The van der Waals surface area contributed by atoms with Gasteiger partial charge in [0.05, 0.1) is 19.3 Å². The van der Waals surface area contributed by atoms with Crippen LogP contribution in [0.15, 0.2) is 29.4 Å². The first-order valence-electron chi connectivity index (χ1n) is 5.56. The summed E-state index contributed by atoms with van der Waals surface area (Å²) < 4.78 is 5.11. The van der Waals surface area contributed by atoms with E-state index >= 15 is 0 Å². The molecule has 0 aromatic heterocycles. The van der Waals surface area contributed by atoms with Crippen LogP contribution < -0.4 is 15.1 Å². The van der Waals surface area contributed by atoms with Crippen LogP contribution in [-0.2, 0) is 4.79 Å². The Labute approximate surface area is 99.1 Å². The van der Waals surface area contributed by atoms with Gasteiger partial charge >= 0.3 is 0 Å². The number of fused-ring (bicyclic) bond motifs is 1. The van der Waals surface area contributed by atoms with Crippen molar-refractivity contribution >= 4 is 17.3 Å². The molecule has 5 nitrogen and oxygen atoms in total. The third-order valence-corrected chi connectivity index (χ3v) is 3.12. The van der Waals surface area contributed by atoms with Crippen molar-refractivity contribution in [2.24, 2.45) is 11.0 Å². The molecule has 2 aliphatic rings. The smallest absolute Gasteiger partial charge is 0.267 e. The molecule has 2 heterocycles. The maximum absolute atomic E-state index is 11.4. The van der Waals surface area contributed by atoms with Crippen molar-refractivity contribution < 1.29 is 9.53 Å². The molecule has 88 valence electrons. The molecular formula is C12H13N3O2. The minimum atomic E-state index is -0.0361. The summed E-state index contributed by atoms with van der Waals surface area (Å²) in [6, 6.07) is 7.68. The molecule has 0 radical (unpaired) electrons. The van der Waals surface area contributed by atoms with Crippen molar-refractivity contribution in [3.05, 3.63) is 24.3 Å². The molecule has 1 fully saturated rings. The first kappa shape index (κ1) is 10.1. The summed E-state index contributed by atoms with van der Waals surface area (Å²) in [6.45, 7) is 1.46. The number of amides is 1. The Hall–Kier alpha value is -2.04. The zero-order valence-corrected chi connectivity index (χ0v) is 9.51. The summed E-state index contributed by atoms with van der Waals surface area (Å²) in [5.41, 5.74) is 1.64. The lowest BCUT2D eigenvalue weighted by Gasteiger charge is -2.15. The SMILES string of the molecule is COc1ccc(N2CC3CNC(=O)C3=N2)cc1. The van der Waals surface area contributed by atoms with Gasteiger partial charge in [-0.2, -0.15) is 5.10 Å². The number of hydrazone groups is 1. The van der Waals surface area contributed by atoms with Gasteiger partial charge in [-0.3, -0.25) is 9.80 Å². The van der Waals surface area contributed by atoms with Crippen molar-refractivity contribution in [2.45, 2.75) is 0 Å². The fourth-order valence-corrected chi connectivity index (χ4v) is 2.16. The van der Waals surface area contributed by atoms with Crippen molar-refractivity contribution in [1.82, 2.24) is 5.32 Å².